The summed E-state index contributed by atoms with van der Waals surface area (Å²) in [7, 11) is 0. The van der Waals surface area contributed by atoms with Gasteiger partial charge in [0, 0.05) is 24.1 Å². The maximum absolute atomic E-state index is 13.0. The van der Waals surface area contributed by atoms with Crippen molar-refractivity contribution in [2.45, 2.75) is 13.5 Å². The van der Waals surface area contributed by atoms with E-state index in [0.717, 1.165) is 11.1 Å². The van der Waals surface area contributed by atoms with Crippen LogP contribution in [-0.4, -0.2) is 16.4 Å². The smallest absolute Gasteiger partial charge is 0.267 e. The van der Waals surface area contributed by atoms with E-state index < -0.39 is 11.5 Å². The molecule has 0 saturated heterocycles. The molecule has 4 rings (SSSR count). The van der Waals surface area contributed by atoms with Crippen LogP contribution in [0.4, 0.5) is 5.69 Å². The van der Waals surface area contributed by atoms with Gasteiger partial charge in [0.25, 0.3) is 17.4 Å². The van der Waals surface area contributed by atoms with E-state index in [9.17, 15) is 14.4 Å². The highest BCUT2D eigenvalue weighted by Crippen LogP contribution is 2.18. The van der Waals surface area contributed by atoms with Crippen LogP contribution in [0.2, 0.25) is 5.02 Å². The van der Waals surface area contributed by atoms with Gasteiger partial charge in [0.05, 0.1) is 10.6 Å². The Morgan fingerprint density at radius 2 is 1.50 bits per heavy atom. The first-order valence-electron chi connectivity index (χ1n) is 10.6. The Morgan fingerprint density at radius 3 is 2.24 bits per heavy atom. The molecule has 0 fully saturated rings. The van der Waals surface area contributed by atoms with Crippen molar-refractivity contribution in [3.63, 3.8) is 0 Å². The summed E-state index contributed by atoms with van der Waals surface area (Å²) in [4.78, 5) is 38.1. The van der Waals surface area contributed by atoms with E-state index in [1.165, 1.54) is 10.6 Å². The van der Waals surface area contributed by atoms with Gasteiger partial charge in [0.1, 0.15) is 5.56 Å². The van der Waals surface area contributed by atoms with E-state index in [0.29, 0.717) is 28.5 Å². The maximum atomic E-state index is 13.0. The molecule has 170 valence electrons. The van der Waals surface area contributed by atoms with Crippen LogP contribution in [0.25, 0.3) is 5.69 Å². The number of nitrogens with zero attached hydrogens (tertiary/aromatic N) is 1. The highest BCUT2D eigenvalue weighted by Gasteiger charge is 2.14. The Kier molecular flexibility index (Phi) is 6.90. The minimum absolute atomic E-state index is 0.0483. The number of nitrogens with one attached hydrogen (secondary N) is 2. The Morgan fingerprint density at radius 1 is 0.824 bits per heavy atom. The van der Waals surface area contributed by atoms with Crippen LogP contribution < -0.4 is 16.2 Å². The second-order valence-corrected chi connectivity index (χ2v) is 8.09. The Labute approximate surface area is 201 Å². The van der Waals surface area contributed by atoms with Gasteiger partial charge in [0.15, 0.2) is 0 Å². The van der Waals surface area contributed by atoms with Crippen molar-refractivity contribution in [2.24, 2.45) is 0 Å². The third-order valence-corrected chi connectivity index (χ3v) is 5.74. The Balaban J connectivity index is 1.49. The van der Waals surface area contributed by atoms with E-state index in [4.69, 9.17) is 11.6 Å². The summed E-state index contributed by atoms with van der Waals surface area (Å²) in [6.45, 7) is 2.30. The Hall–Kier alpha value is -4.16. The van der Waals surface area contributed by atoms with Crippen molar-refractivity contribution in [1.82, 2.24) is 9.88 Å². The summed E-state index contributed by atoms with van der Waals surface area (Å²) in [5.74, 6) is -0.769. The van der Waals surface area contributed by atoms with Crippen LogP contribution in [0.15, 0.2) is 95.9 Å². The number of hydrogen-bond acceptors (Lipinski definition) is 3. The lowest BCUT2D eigenvalue weighted by Gasteiger charge is -2.11. The van der Waals surface area contributed by atoms with Gasteiger partial charge in [-0.05, 0) is 66.6 Å². The number of carbonyl (C=O) groups is 2. The molecule has 4 aromatic rings. The SMILES string of the molecule is Cc1ccccc1CNC(=O)c1cccn(-c2ccc(NC(=O)c3ccccc3Cl)cc2)c1=O. The number of amides is 2. The standard InChI is InChI=1S/C27H22ClN3O3/c1-18-7-2-3-8-19(18)17-29-25(32)23-10-6-16-31(27(23)34)21-14-12-20(13-15-21)30-26(33)22-9-4-5-11-24(22)28/h2-16H,17H2,1H3,(H,29,32)(H,30,33). The molecule has 0 saturated carbocycles. The van der Waals surface area contributed by atoms with Crippen molar-refractivity contribution in [2.75, 3.05) is 5.32 Å². The zero-order chi connectivity index (χ0) is 24.1. The van der Waals surface area contributed by atoms with Crippen LogP contribution in [0.5, 0.6) is 0 Å². The van der Waals surface area contributed by atoms with E-state index in [-0.39, 0.29) is 11.5 Å². The van der Waals surface area contributed by atoms with Crippen LogP contribution in [0.3, 0.4) is 0 Å². The van der Waals surface area contributed by atoms with Gasteiger partial charge in [-0.1, -0.05) is 48.0 Å². The molecule has 0 bridgehead atoms. The van der Waals surface area contributed by atoms with E-state index in [2.05, 4.69) is 10.6 Å². The molecule has 0 aliphatic carbocycles. The molecule has 0 aliphatic rings. The van der Waals surface area contributed by atoms with Crippen molar-refractivity contribution in [3.05, 3.63) is 129 Å². The lowest BCUT2D eigenvalue weighted by Crippen LogP contribution is -2.32. The summed E-state index contributed by atoms with van der Waals surface area (Å²) in [5, 5.41) is 5.96. The van der Waals surface area contributed by atoms with Gasteiger partial charge in [-0.2, -0.15) is 0 Å². The van der Waals surface area contributed by atoms with Crippen LogP contribution >= 0.6 is 11.6 Å². The van der Waals surface area contributed by atoms with Gasteiger partial charge in [0.2, 0.25) is 0 Å². The van der Waals surface area contributed by atoms with E-state index in [1.807, 2.05) is 31.2 Å². The molecular weight excluding hydrogens is 450 g/mol. The number of rotatable bonds is 6. The lowest BCUT2D eigenvalue weighted by molar-refractivity contribution is 0.0948. The first-order chi connectivity index (χ1) is 16.4. The fourth-order valence-electron chi connectivity index (χ4n) is 3.50. The fraction of sp³-hybridized carbons (Fsp3) is 0.0741. The molecule has 0 unspecified atom stereocenters. The molecule has 1 aromatic heterocycles. The number of benzene rings is 3. The van der Waals surface area contributed by atoms with Crippen LogP contribution in [0.1, 0.15) is 31.8 Å². The zero-order valence-electron chi connectivity index (χ0n) is 18.4. The second-order valence-electron chi connectivity index (χ2n) is 7.69. The average molecular weight is 472 g/mol. The van der Waals surface area contributed by atoms with Gasteiger partial charge in [-0.25, -0.2) is 0 Å². The third-order valence-electron chi connectivity index (χ3n) is 5.41. The monoisotopic (exact) mass is 471 g/mol. The molecule has 3 aromatic carbocycles. The molecule has 0 radical (unpaired) electrons. The number of hydrogen-bond donors (Lipinski definition) is 2. The third kappa shape index (κ3) is 5.08. The Bertz CT molecular complexity index is 1410. The largest absolute Gasteiger partial charge is 0.348 e. The first-order valence-corrected chi connectivity index (χ1v) is 11.0. The van der Waals surface area contributed by atoms with Gasteiger partial charge in [-0.15, -0.1) is 0 Å². The average Bonchev–Trinajstić information content (AvgIpc) is 2.84. The van der Waals surface area contributed by atoms with Gasteiger partial charge >= 0.3 is 0 Å². The molecule has 6 nitrogen and oxygen atoms in total. The predicted octanol–water partition coefficient (Wildman–Crippen LogP) is 4.98. The highest BCUT2D eigenvalue weighted by atomic mass is 35.5. The van der Waals surface area contributed by atoms with Crippen molar-refractivity contribution in [3.8, 4) is 5.69 Å². The topological polar surface area (TPSA) is 80.2 Å². The minimum Gasteiger partial charge on any atom is -0.348 e. The molecule has 34 heavy (non-hydrogen) atoms. The van der Waals surface area contributed by atoms with Gasteiger partial charge in [-0.3, -0.25) is 19.0 Å². The zero-order valence-corrected chi connectivity index (χ0v) is 19.2. The van der Waals surface area contributed by atoms with E-state index >= 15 is 0 Å². The molecule has 0 atom stereocenters. The maximum Gasteiger partial charge on any atom is 0.267 e. The quantitative estimate of drug-likeness (QED) is 0.416. The molecule has 2 N–H and O–H groups in total. The summed E-state index contributed by atoms with van der Waals surface area (Å²) < 4.78 is 1.39. The van der Waals surface area contributed by atoms with Crippen LogP contribution in [0, 0.1) is 6.92 Å². The number of aryl methyl sites for hydroxylation is 1. The number of carbonyl (C=O) groups excluding carboxylic acids is 2. The summed E-state index contributed by atoms with van der Waals surface area (Å²) in [6, 6.07) is 24.4. The molecule has 1 heterocycles. The fourth-order valence-corrected chi connectivity index (χ4v) is 3.72. The minimum atomic E-state index is -0.439. The molecule has 2 amide bonds. The van der Waals surface area contributed by atoms with Crippen LogP contribution in [-0.2, 0) is 6.54 Å². The van der Waals surface area contributed by atoms with Crippen molar-refractivity contribution >= 4 is 29.1 Å². The number of aromatic nitrogens is 1. The van der Waals surface area contributed by atoms with Crippen molar-refractivity contribution in [1.29, 1.82) is 0 Å². The summed E-state index contributed by atoms with van der Waals surface area (Å²) >= 11 is 6.08. The summed E-state index contributed by atoms with van der Waals surface area (Å²) in [6.07, 6.45) is 1.60. The molecule has 7 heteroatoms. The molecule has 0 aliphatic heterocycles. The normalized spacial score (nSPS) is 10.5. The van der Waals surface area contributed by atoms with Crippen molar-refractivity contribution < 1.29 is 9.59 Å². The summed E-state index contributed by atoms with van der Waals surface area (Å²) in [5.41, 5.74) is 3.15. The van der Waals surface area contributed by atoms with E-state index in [1.54, 1.807) is 60.8 Å². The number of halogens is 1. The lowest BCUT2D eigenvalue weighted by atomic mass is 10.1. The molecule has 0 spiro atoms. The highest BCUT2D eigenvalue weighted by molar-refractivity contribution is 6.34. The number of anilines is 1. The first kappa shape index (κ1) is 23.0. The predicted molar refractivity (Wildman–Crippen MR) is 134 cm³/mol. The molecular formula is C27H22ClN3O3. The number of pyridine rings is 1. The second kappa shape index (κ2) is 10.2. The van der Waals surface area contributed by atoms with Gasteiger partial charge < -0.3 is 10.6 Å².